The first kappa shape index (κ1) is 16.8. The van der Waals surface area contributed by atoms with Crippen LogP contribution in [0, 0.1) is 6.92 Å². The fraction of sp³-hybridized carbons (Fsp3) is 0.476. The van der Waals surface area contributed by atoms with Crippen LogP contribution in [-0.4, -0.2) is 17.6 Å². The molecule has 3 nitrogen and oxygen atoms in total. The number of carbonyl (C=O) groups is 1. The highest BCUT2D eigenvalue weighted by atomic mass is 16.5. The molecule has 0 N–H and O–H groups in total. The van der Waals surface area contributed by atoms with E-state index in [1.54, 1.807) is 0 Å². The quantitative estimate of drug-likeness (QED) is 0.750. The smallest absolute Gasteiger partial charge is 0.339 e. The van der Waals surface area contributed by atoms with Gasteiger partial charge in [-0.25, -0.2) is 4.79 Å². The molecule has 24 heavy (non-hydrogen) atoms. The molecule has 1 heterocycles. The molecule has 1 aromatic carbocycles. The molecule has 0 aliphatic heterocycles. The molecule has 0 unspecified atom stereocenters. The van der Waals surface area contributed by atoms with Crippen LogP contribution in [0.25, 0.3) is 5.69 Å². The van der Waals surface area contributed by atoms with E-state index in [-0.39, 0.29) is 11.4 Å². The topological polar surface area (TPSA) is 31.2 Å². The zero-order valence-corrected chi connectivity index (χ0v) is 15.6. The zero-order valence-electron chi connectivity index (χ0n) is 15.6. The van der Waals surface area contributed by atoms with Gasteiger partial charge in [0.15, 0.2) is 0 Å². The summed E-state index contributed by atoms with van der Waals surface area (Å²) in [6.45, 7) is 11.0. The van der Waals surface area contributed by atoms with Gasteiger partial charge in [-0.3, -0.25) is 0 Å². The number of methoxy groups -OCH3 is 1. The maximum absolute atomic E-state index is 11.9. The lowest BCUT2D eigenvalue weighted by molar-refractivity contribution is 0.0600. The maximum atomic E-state index is 11.9. The standard InChI is InChI=1S/C21H27NO2/c1-14-12-22(13-18(14)19(23)24-6)17-10-15(20(2,3)4)9-16(11-17)21(5)7-8-21/h9-13H,7-8H2,1-6H3. The van der Waals surface area contributed by atoms with Crippen LogP contribution < -0.4 is 0 Å². The van der Waals surface area contributed by atoms with Crippen LogP contribution in [0.3, 0.4) is 0 Å². The number of rotatable bonds is 3. The Hall–Kier alpha value is -2.03. The number of aryl methyl sites for hydroxylation is 1. The van der Waals surface area contributed by atoms with Crippen LogP contribution >= 0.6 is 0 Å². The molecule has 3 rings (SSSR count). The first-order valence-corrected chi connectivity index (χ1v) is 8.57. The third-order valence-corrected chi connectivity index (χ3v) is 5.21. The van der Waals surface area contributed by atoms with Gasteiger partial charge in [0.1, 0.15) is 0 Å². The molecule has 1 aliphatic carbocycles. The Kier molecular flexibility index (Phi) is 3.86. The average Bonchev–Trinajstić information content (AvgIpc) is 3.16. The number of hydrogen-bond donors (Lipinski definition) is 0. The molecule has 2 aromatic rings. The van der Waals surface area contributed by atoms with Crippen LogP contribution in [0.5, 0.6) is 0 Å². The first-order chi connectivity index (χ1) is 11.1. The highest BCUT2D eigenvalue weighted by Gasteiger charge is 2.39. The lowest BCUT2D eigenvalue weighted by Crippen LogP contribution is -2.14. The van der Waals surface area contributed by atoms with E-state index in [4.69, 9.17) is 4.74 Å². The van der Waals surface area contributed by atoms with Crippen LogP contribution in [0.2, 0.25) is 0 Å². The van der Waals surface area contributed by atoms with Crippen molar-refractivity contribution in [3.05, 3.63) is 52.8 Å². The fourth-order valence-corrected chi connectivity index (χ4v) is 3.05. The van der Waals surface area contributed by atoms with Gasteiger partial charge in [-0.2, -0.15) is 0 Å². The summed E-state index contributed by atoms with van der Waals surface area (Å²) in [5.41, 5.74) is 5.79. The van der Waals surface area contributed by atoms with Crippen molar-refractivity contribution in [1.29, 1.82) is 0 Å². The van der Waals surface area contributed by atoms with Crippen molar-refractivity contribution >= 4 is 5.97 Å². The summed E-state index contributed by atoms with van der Waals surface area (Å²) in [5, 5.41) is 0. The van der Waals surface area contributed by atoms with E-state index in [9.17, 15) is 4.79 Å². The molecule has 1 aromatic heterocycles. The van der Waals surface area contributed by atoms with Gasteiger partial charge in [0.25, 0.3) is 0 Å². The number of aromatic nitrogens is 1. The van der Waals surface area contributed by atoms with Crippen LogP contribution in [0.1, 0.15) is 67.6 Å². The number of benzene rings is 1. The van der Waals surface area contributed by atoms with Gasteiger partial charge < -0.3 is 9.30 Å². The summed E-state index contributed by atoms with van der Waals surface area (Å²) in [6.07, 6.45) is 6.38. The minimum absolute atomic E-state index is 0.0867. The molecule has 1 aliphatic rings. The number of nitrogens with zero attached hydrogens (tertiary/aromatic N) is 1. The van der Waals surface area contributed by atoms with E-state index in [2.05, 4.69) is 45.9 Å². The Morgan fingerprint density at radius 1 is 1.17 bits per heavy atom. The summed E-state index contributed by atoms with van der Waals surface area (Å²) in [6, 6.07) is 6.85. The van der Waals surface area contributed by atoms with Gasteiger partial charge in [-0.05, 0) is 59.4 Å². The highest BCUT2D eigenvalue weighted by molar-refractivity contribution is 5.90. The first-order valence-electron chi connectivity index (χ1n) is 8.57. The Morgan fingerprint density at radius 3 is 2.38 bits per heavy atom. The van der Waals surface area contributed by atoms with Gasteiger partial charge in [0.05, 0.1) is 12.7 Å². The predicted molar refractivity (Wildman–Crippen MR) is 97.1 cm³/mol. The largest absolute Gasteiger partial charge is 0.465 e. The molecule has 1 saturated carbocycles. The Labute approximate surface area is 144 Å². The molecule has 0 bridgehead atoms. The van der Waals surface area contributed by atoms with Gasteiger partial charge in [-0.15, -0.1) is 0 Å². The Bertz CT molecular complexity index is 765. The average molecular weight is 325 g/mol. The van der Waals surface area contributed by atoms with Crippen LogP contribution in [-0.2, 0) is 15.6 Å². The third-order valence-electron chi connectivity index (χ3n) is 5.21. The van der Waals surface area contributed by atoms with Crippen molar-refractivity contribution in [2.45, 2.75) is 58.3 Å². The van der Waals surface area contributed by atoms with Crippen molar-refractivity contribution in [2.24, 2.45) is 0 Å². The summed E-state index contributed by atoms with van der Waals surface area (Å²) >= 11 is 0. The minimum Gasteiger partial charge on any atom is -0.465 e. The molecule has 0 amide bonds. The zero-order chi connectivity index (χ0) is 17.7. The second kappa shape index (κ2) is 5.51. The van der Waals surface area contributed by atoms with Gasteiger partial charge in [-0.1, -0.05) is 33.8 Å². The lowest BCUT2D eigenvalue weighted by atomic mass is 9.83. The van der Waals surface area contributed by atoms with Crippen molar-refractivity contribution in [3.63, 3.8) is 0 Å². The molecule has 128 valence electrons. The van der Waals surface area contributed by atoms with Crippen LogP contribution in [0.15, 0.2) is 30.6 Å². The Morgan fingerprint density at radius 2 is 1.83 bits per heavy atom. The van der Waals surface area contributed by atoms with Crippen molar-refractivity contribution in [3.8, 4) is 5.69 Å². The fourth-order valence-electron chi connectivity index (χ4n) is 3.05. The summed E-state index contributed by atoms with van der Waals surface area (Å²) in [5.74, 6) is -0.285. The number of hydrogen-bond acceptors (Lipinski definition) is 2. The molecule has 3 heteroatoms. The normalized spacial score (nSPS) is 16.1. The van der Waals surface area contributed by atoms with E-state index < -0.39 is 0 Å². The van der Waals surface area contributed by atoms with E-state index in [0.29, 0.717) is 11.0 Å². The summed E-state index contributed by atoms with van der Waals surface area (Å²) < 4.78 is 6.93. The highest BCUT2D eigenvalue weighted by Crippen LogP contribution is 2.48. The molecule has 0 spiro atoms. The molecular weight excluding hydrogens is 298 g/mol. The SMILES string of the molecule is COC(=O)c1cn(-c2cc(C(C)(C)C)cc(C3(C)CC3)c2)cc1C. The predicted octanol–water partition coefficient (Wildman–Crippen LogP) is 4.92. The molecule has 0 atom stereocenters. The Balaban J connectivity index is 2.12. The third kappa shape index (κ3) is 3.00. The van der Waals surface area contributed by atoms with Crippen molar-refractivity contribution < 1.29 is 9.53 Å². The van der Waals surface area contributed by atoms with Crippen molar-refractivity contribution in [2.75, 3.05) is 7.11 Å². The van der Waals surface area contributed by atoms with Crippen LogP contribution in [0.4, 0.5) is 0 Å². The van der Waals surface area contributed by atoms with E-state index in [1.165, 1.54) is 31.1 Å². The maximum Gasteiger partial charge on any atom is 0.339 e. The van der Waals surface area contributed by atoms with Crippen molar-refractivity contribution in [1.82, 2.24) is 4.57 Å². The lowest BCUT2D eigenvalue weighted by Gasteiger charge is -2.23. The van der Waals surface area contributed by atoms with E-state index in [0.717, 1.165) is 11.3 Å². The molecule has 0 saturated heterocycles. The van der Waals surface area contributed by atoms with Gasteiger partial charge in [0, 0.05) is 18.1 Å². The molecule has 0 radical (unpaired) electrons. The number of ether oxygens (including phenoxy) is 1. The number of esters is 1. The monoisotopic (exact) mass is 325 g/mol. The molecular formula is C21H27NO2. The second-order valence-electron chi connectivity index (χ2n) is 8.33. The summed E-state index contributed by atoms with van der Waals surface area (Å²) in [4.78, 5) is 11.9. The van der Waals surface area contributed by atoms with E-state index in [1.807, 2.05) is 23.9 Å². The van der Waals surface area contributed by atoms with Gasteiger partial charge >= 0.3 is 5.97 Å². The second-order valence-corrected chi connectivity index (χ2v) is 8.33. The van der Waals surface area contributed by atoms with Gasteiger partial charge in [0.2, 0.25) is 0 Å². The number of carbonyl (C=O) groups excluding carboxylic acids is 1. The molecule has 1 fully saturated rings. The summed E-state index contributed by atoms with van der Waals surface area (Å²) in [7, 11) is 1.42. The van der Waals surface area contributed by atoms with E-state index >= 15 is 0 Å². The minimum atomic E-state index is -0.285.